The van der Waals surface area contributed by atoms with Crippen molar-refractivity contribution >= 4 is 35.6 Å². The third kappa shape index (κ3) is 16.4. The summed E-state index contributed by atoms with van der Waals surface area (Å²) in [5.74, 6) is -4.83. The first-order valence-electron chi connectivity index (χ1n) is 16.5. The minimum Gasteiger partial charge on any atom is -0.508 e. The van der Waals surface area contributed by atoms with E-state index in [4.69, 9.17) is 5.73 Å². The van der Waals surface area contributed by atoms with Crippen LogP contribution in [0.15, 0.2) is 29.4 Å². The predicted molar refractivity (Wildman–Crippen MR) is 185 cm³/mol. The first kappa shape index (κ1) is 43.0. The van der Waals surface area contributed by atoms with Gasteiger partial charge < -0.3 is 47.4 Å². The van der Waals surface area contributed by atoms with E-state index in [1.807, 2.05) is 0 Å². The van der Waals surface area contributed by atoms with Gasteiger partial charge in [-0.1, -0.05) is 46.2 Å². The van der Waals surface area contributed by atoms with Crippen LogP contribution in [-0.2, 0) is 30.4 Å². The van der Waals surface area contributed by atoms with Crippen molar-refractivity contribution in [1.82, 2.24) is 31.5 Å². The number of rotatable bonds is 22. The molecule has 5 atom stereocenters. The van der Waals surface area contributed by atoms with Gasteiger partial charge in [-0.15, -0.1) is 0 Å². The van der Waals surface area contributed by atoms with Crippen LogP contribution in [0.2, 0.25) is 0 Å². The van der Waals surface area contributed by atoms with Crippen LogP contribution < -0.4 is 32.3 Å². The summed E-state index contributed by atoms with van der Waals surface area (Å²) in [5.41, 5.74) is 6.19. The van der Waals surface area contributed by atoms with Crippen molar-refractivity contribution in [3.8, 4) is 5.75 Å². The molecule has 1 aromatic carbocycles. The monoisotopic (exact) mass is 707 g/mol. The van der Waals surface area contributed by atoms with Gasteiger partial charge in [-0.2, -0.15) is 0 Å². The lowest BCUT2D eigenvalue weighted by Gasteiger charge is -2.28. The van der Waals surface area contributed by atoms with E-state index in [9.17, 15) is 44.3 Å². The Morgan fingerprint density at radius 3 is 2.00 bits per heavy atom. The molecule has 4 amide bonds. The highest BCUT2D eigenvalue weighted by Gasteiger charge is 2.33. The summed E-state index contributed by atoms with van der Waals surface area (Å²) < 4.78 is 0. The summed E-state index contributed by atoms with van der Waals surface area (Å²) >= 11 is 0. The third-order valence-electron chi connectivity index (χ3n) is 7.84. The normalized spacial score (nSPS) is 14.5. The van der Waals surface area contributed by atoms with Gasteiger partial charge in [0, 0.05) is 6.54 Å². The number of carboxylic acids is 1. The molecule has 18 heteroatoms. The predicted octanol–water partition coefficient (Wildman–Crippen LogP) is -0.121. The molecule has 0 saturated heterocycles. The molecular formula is C32H53N9O9. The van der Waals surface area contributed by atoms with E-state index in [0.29, 0.717) is 25.7 Å². The molecule has 280 valence electrons. The summed E-state index contributed by atoms with van der Waals surface area (Å²) in [7, 11) is 3.37. The van der Waals surface area contributed by atoms with Gasteiger partial charge in [0.05, 0.1) is 6.54 Å². The second kappa shape index (κ2) is 21.9. The molecule has 18 nitrogen and oxygen atoms in total. The molecule has 50 heavy (non-hydrogen) atoms. The van der Waals surface area contributed by atoms with E-state index >= 15 is 0 Å². The number of carbonyl (C=O) groups excluding carboxylic acids is 4. The Hall–Kier alpha value is -5.00. The molecule has 0 bridgehead atoms. The summed E-state index contributed by atoms with van der Waals surface area (Å²) in [6, 6.07) is 1.76. The van der Waals surface area contributed by atoms with Crippen molar-refractivity contribution in [3.05, 3.63) is 39.9 Å². The molecule has 1 rings (SSSR count). The Bertz CT molecular complexity index is 1320. The number of hydrogen-bond donors (Lipinski definition) is 8. The smallest absolute Gasteiger partial charge is 0.326 e. The topological polar surface area (TPSA) is 271 Å². The van der Waals surface area contributed by atoms with E-state index in [1.54, 1.807) is 58.8 Å². The van der Waals surface area contributed by atoms with Crippen LogP contribution in [0.1, 0.15) is 65.4 Å². The van der Waals surface area contributed by atoms with Crippen LogP contribution >= 0.6 is 0 Å². The van der Waals surface area contributed by atoms with Crippen molar-refractivity contribution in [2.45, 2.75) is 90.4 Å². The van der Waals surface area contributed by atoms with Gasteiger partial charge in [-0.3, -0.25) is 19.2 Å². The number of nitrogens with two attached hydrogens (primary N) is 1. The number of benzene rings is 1. The van der Waals surface area contributed by atoms with Gasteiger partial charge in [0.1, 0.15) is 35.0 Å². The lowest BCUT2D eigenvalue weighted by atomic mass is 9.97. The number of hydrogen-bond acceptors (Lipinski definition) is 9. The zero-order valence-electron chi connectivity index (χ0n) is 29.6. The quantitative estimate of drug-likeness (QED) is 0.0258. The van der Waals surface area contributed by atoms with Crippen LogP contribution in [0.3, 0.4) is 0 Å². The van der Waals surface area contributed by atoms with Crippen molar-refractivity contribution in [2.24, 2.45) is 22.7 Å². The summed E-state index contributed by atoms with van der Waals surface area (Å²) in [6.07, 6.45) is 1.84. The largest absolute Gasteiger partial charge is 0.508 e. The van der Waals surface area contributed by atoms with E-state index < -0.39 is 70.6 Å². The molecule has 0 spiro atoms. The van der Waals surface area contributed by atoms with E-state index in [0.717, 1.165) is 5.56 Å². The third-order valence-corrected chi connectivity index (χ3v) is 7.84. The zero-order valence-corrected chi connectivity index (χ0v) is 29.6. The summed E-state index contributed by atoms with van der Waals surface area (Å²) in [6.45, 7) is 7.10. The number of likely N-dealkylation sites (N-methyl/N-ethyl adjacent to an activating group) is 1. The Kier molecular flexibility index (Phi) is 18.8. The Morgan fingerprint density at radius 1 is 0.900 bits per heavy atom. The highest BCUT2D eigenvalue weighted by Crippen LogP contribution is 2.14. The zero-order chi connectivity index (χ0) is 38.0. The van der Waals surface area contributed by atoms with Crippen LogP contribution in [0, 0.1) is 22.0 Å². The number of nitrogens with zero attached hydrogens (tertiary/aromatic N) is 3. The molecule has 0 fully saturated rings. The van der Waals surface area contributed by atoms with Crippen LogP contribution in [0.5, 0.6) is 5.75 Å². The minimum atomic E-state index is -1.21. The molecular weight excluding hydrogens is 654 g/mol. The van der Waals surface area contributed by atoms with Gasteiger partial charge >= 0.3 is 5.97 Å². The lowest BCUT2D eigenvalue weighted by Crippen LogP contribution is -2.59. The van der Waals surface area contributed by atoms with Gasteiger partial charge in [-0.05, 0) is 75.7 Å². The summed E-state index contributed by atoms with van der Waals surface area (Å²) in [4.78, 5) is 77.4. The maximum atomic E-state index is 13.7. The minimum absolute atomic E-state index is 0.000866. The molecule has 0 aliphatic rings. The molecule has 0 aliphatic carbocycles. The van der Waals surface area contributed by atoms with Crippen LogP contribution in [0.4, 0.5) is 0 Å². The van der Waals surface area contributed by atoms with Crippen molar-refractivity contribution in [3.63, 3.8) is 0 Å². The number of amides is 4. The average Bonchev–Trinajstić information content (AvgIpc) is 3.02. The molecule has 9 N–H and O–H groups in total. The van der Waals surface area contributed by atoms with E-state index in [1.165, 1.54) is 12.1 Å². The number of hydrazone groups is 1. The maximum Gasteiger partial charge on any atom is 0.326 e. The lowest BCUT2D eigenvalue weighted by molar-refractivity contribution is -0.485. The number of aryl methyl sites for hydroxylation is 1. The number of nitrogens with one attached hydrogen (secondary N) is 5. The fourth-order valence-electron chi connectivity index (χ4n) is 4.84. The number of carbonyl (C=O) groups is 5. The fourth-order valence-corrected chi connectivity index (χ4v) is 4.84. The number of phenolic OH excluding ortho intramolecular Hbond substituents is 1. The highest BCUT2D eigenvalue weighted by molar-refractivity contribution is 5.95. The van der Waals surface area contributed by atoms with Crippen LogP contribution in [-0.4, -0.2) is 107 Å². The Labute approximate surface area is 292 Å². The average molecular weight is 708 g/mol. The first-order chi connectivity index (χ1) is 23.4. The number of aromatic hydroxyl groups is 1. The molecule has 1 aromatic rings. The molecule has 0 saturated carbocycles. The summed E-state index contributed by atoms with van der Waals surface area (Å²) in [5, 5.41) is 45.1. The molecule has 0 aliphatic heterocycles. The second-order valence-electron chi connectivity index (χ2n) is 12.7. The number of carboxylic acid groups (broad SMARTS) is 1. The number of unbranched alkanes of at least 4 members (excludes halogenated alkanes) is 1. The van der Waals surface area contributed by atoms with Gasteiger partial charge in [0.15, 0.2) is 5.03 Å². The maximum absolute atomic E-state index is 13.7. The SMILES string of the molecule is CCC(C)[C@H](NC(=O)[C@H](CCc1ccc(O)cc1)NC(=O)[C@@H](NC(=O)[C@H](CCCCN/C(N)=N\[N+](=O)[O-])NC(=O)CN(C)C)C(C)C)C(=O)O. The standard InChI is InChI=1S/C32H53N9O9/c1-7-20(4)27(31(47)48)38-29(45)24(16-13-21-11-14-22(42)15-12-21)36-30(46)26(19(2)3)37-28(44)23(35-25(43)18-40(5)6)10-8-9-17-34-32(33)39-41(49)50/h11-12,14-15,19-20,23-24,26-27,42H,7-10,13,16-18H2,1-6H3,(H,35,43)(H,36,46)(H,37,44)(H,38,45)(H,47,48)(H3,33,34,39)/t20?,23-,24-,26-,27-/m0/s1. The van der Waals surface area contributed by atoms with Crippen LogP contribution in [0.25, 0.3) is 0 Å². The number of phenols is 1. The number of aliphatic carboxylic acids is 1. The van der Waals surface area contributed by atoms with Crippen molar-refractivity contribution in [2.75, 3.05) is 27.2 Å². The molecule has 0 radical (unpaired) electrons. The van der Waals surface area contributed by atoms with Gasteiger partial charge in [0.2, 0.25) is 23.6 Å². The second-order valence-corrected chi connectivity index (χ2v) is 12.7. The highest BCUT2D eigenvalue weighted by atomic mass is 16.7. The Balaban J connectivity index is 3.17. The number of guanidine groups is 1. The fraction of sp³-hybridized carbons (Fsp3) is 0.625. The molecule has 0 heterocycles. The van der Waals surface area contributed by atoms with Crippen molar-refractivity contribution in [1.29, 1.82) is 0 Å². The molecule has 1 unspecified atom stereocenters. The van der Waals surface area contributed by atoms with Gasteiger partial charge in [-0.25, -0.2) is 14.9 Å². The number of nitro groups is 1. The first-order valence-corrected chi connectivity index (χ1v) is 16.5. The van der Waals surface area contributed by atoms with E-state index in [2.05, 4.69) is 31.7 Å². The molecule has 0 aromatic heterocycles. The Morgan fingerprint density at radius 2 is 1.48 bits per heavy atom. The van der Waals surface area contributed by atoms with Crippen molar-refractivity contribution < 1.29 is 39.2 Å². The van der Waals surface area contributed by atoms with Gasteiger partial charge in [0.25, 0.3) is 5.96 Å². The van der Waals surface area contributed by atoms with E-state index in [-0.39, 0.29) is 37.6 Å².